The van der Waals surface area contributed by atoms with E-state index >= 15 is 0 Å². The van der Waals surface area contributed by atoms with E-state index in [0.717, 1.165) is 0 Å². The molecule has 0 aliphatic rings. The monoisotopic (exact) mass is 223 g/mol. The number of nitrogens with zero attached hydrogens (tertiary/aromatic N) is 3. The Morgan fingerprint density at radius 2 is 1.93 bits per heavy atom. The Labute approximate surface area is 90.2 Å². The highest BCUT2D eigenvalue weighted by molar-refractivity contribution is 6.30. The van der Waals surface area contributed by atoms with Crippen molar-refractivity contribution in [3.63, 3.8) is 0 Å². The van der Waals surface area contributed by atoms with E-state index in [1.165, 1.54) is 0 Å². The van der Waals surface area contributed by atoms with Crippen LogP contribution in [0.4, 0.5) is 16.0 Å². The first-order valence-electron chi connectivity index (χ1n) is 4.04. The molecule has 0 saturated heterocycles. The van der Waals surface area contributed by atoms with Crippen LogP contribution in [0.2, 0.25) is 5.02 Å². The van der Waals surface area contributed by atoms with Crippen molar-refractivity contribution in [2.75, 3.05) is 5.32 Å². The maximum atomic E-state index is 12.6. The smallest absolute Gasteiger partial charge is 0.314 e. The molecule has 1 aromatic carbocycles. The standard InChI is InChI=1S/C9H5ClFN4/c10-6-1-3-7(4-2-6)14-9-13-5-12-8(11)15-9/h1-4H,(H,12,13,14,15). The molecule has 0 bridgehead atoms. The third kappa shape index (κ3) is 2.60. The number of benzene rings is 1. The van der Waals surface area contributed by atoms with E-state index in [0.29, 0.717) is 10.7 Å². The zero-order chi connectivity index (χ0) is 10.7. The van der Waals surface area contributed by atoms with Crippen LogP contribution in [0.15, 0.2) is 24.3 Å². The van der Waals surface area contributed by atoms with Gasteiger partial charge in [-0.25, -0.2) is 0 Å². The number of aromatic nitrogens is 3. The summed E-state index contributed by atoms with van der Waals surface area (Å²) in [5.74, 6) is 0.102. The number of nitrogens with one attached hydrogen (secondary N) is 1. The van der Waals surface area contributed by atoms with Crippen LogP contribution in [0.5, 0.6) is 0 Å². The fraction of sp³-hybridized carbons (Fsp3) is 0. The van der Waals surface area contributed by atoms with Crippen LogP contribution >= 0.6 is 11.6 Å². The molecule has 15 heavy (non-hydrogen) atoms. The van der Waals surface area contributed by atoms with Gasteiger partial charge in [0.1, 0.15) is 0 Å². The van der Waals surface area contributed by atoms with E-state index in [9.17, 15) is 4.39 Å². The van der Waals surface area contributed by atoms with Gasteiger partial charge < -0.3 is 5.32 Å². The molecule has 1 N–H and O–H groups in total. The molecule has 0 fully saturated rings. The minimum absolute atomic E-state index is 0.102. The molecule has 1 heterocycles. The van der Waals surface area contributed by atoms with Crippen molar-refractivity contribution in [1.29, 1.82) is 0 Å². The van der Waals surface area contributed by atoms with Crippen LogP contribution in [0.25, 0.3) is 0 Å². The molecule has 75 valence electrons. The average molecular weight is 224 g/mol. The fourth-order valence-corrected chi connectivity index (χ4v) is 1.10. The fourth-order valence-electron chi connectivity index (χ4n) is 0.969. The van der Waals surface area contributed by atoms with Crippen molar-refractivity contribution < 1.29 is 4.39 Å². The summed E-state index contributed by atoms with van der Waals surface area (Å²) in [6.45, 7) is 0. The number of halogens is 2. The zero-order valence-electron chi connectivity index (χ0n) is 7.41. The van der Waals surface area contributed by atoms with Crippen molar-refractivity contribution in [3.8, 4) is 0 Å². The molecule has 2 rings (SSSR count). The third-order valence-electron chi connectivity index (χ3n) is 1.60. The van der Waals surface area contributed by atoms with Crippen LogP contribution in [-0.4, -0.2) is 15.0 Å². The summed E-state index contributed by atoms with van der Waals surface area (Å²) in [5, 5.41) is 3.40. The Bertz CT molecular complexity index is 460. The van der Waals surface area contributed by atoms with Gasteiger partial charge >= 0.3 is 6.08 Å². The lowest BCUT2D eigenvalue weighted by atomic mass is 10.3. The van der Waals surface area contributed by atoms with Gasteiger partial charge in [0.2, 0.25) is 12.3 Å². The quantitative estimate of drug-likeness (QED) is 0.848. The van der Waals surface area contributed by atoms with Crippen molar-refractivity contribution in [2.24, 2.45) is 0 Å². The average Bonchev–Trinajstić information content (AvgIpc) is 2.22. The first kappa shape index (κ1) is 9.79. The maximum absolute atomic E-state index is 12.6. The molecule has 4 nitrogen and oxygen atoms in total. The summed E-state index contributed by atoms with van der Waals surface area (Å²) in [6, 6.07) is 6.85. The van der Waals surface area contributed by atoms with Gasteiger partial charge in [-0.1, -0.05) is 11.6 Å². The van der Waals surface area contributed by atoms with Gasteiger partial charge in [0.05, 0.1) is 0 Å². The van der Waals surface area contributed by atoms with Gasteiger partial charge in [-0.3, -0.25) is 0 Å². The molecule has 0 aliphatic heterocycles. The lowest BCUT2D eigenvalue weighted by molar-refractivity contribution is 0.533. The first-order valence-corrected chi connectivity index (χ1v) is 4.42. The number of rotatable bonds is 2. The first-order chi connectivity index (χ1) is 7.24. The minimum Gasteiger partial charge on any atom is -0.324 e. The van der Waals surface area contributed by atoms with E-state index in [2.05, 4.69) is 26.6 Å². The molecule has 0 unspecified atom stereocenters. The summed E-state index contributed by atoms with van der Waals surface area (Å²) >= 11 is 5.70. The molecule has 0 aliphatic carbocycles. The van der Waals surface area contributed by atoms with Crippen molar-refractivity contribution in [2.45, 2.75) is 0 Å². The van der Waals surface area contributed by atoms with Crippen LogP contribution in [0.1, 0.15) is 0 Å². The Kier molecular flexibility index (Phi) is 2.73. The molecule has 1 aromatic heterocycles. The van der Waals surface area contributed by atoms with Crippen LogP contribution in [0, 0.1) is 12.4 Å². The van der Waals surface area contributed by atoms with Gasteiger partial charge in [-0.05, 0) is 24.3 Å². The third-order valence-corrected chi connectivity index (χ3v) is 1.85. The highest BCUT2D eigenvalue weighted by Gasteiger charge is 2.00. The van der Waals surface area contributed by atoms with E-state index in [4.69, 9.17) is 11.6 Å². The molecule has 2 aromatic rings. The SMILES string of the molecule is Fc1n[c]nc(Nc2ccc(Cl)cc2)n1. The van der Waals surface area contributed by atoms with Crippen LogP contribution < -0.4 is 5.32 Å². The Morgan fingerprint density at radius 3 is 2.60 bits per heavy atom. The summed E-state index contributed by atoms with van der Waals surface area (Å²) in [4.78, 5) is 10.2. The Hall–Kier alpha value is -1.75. The molecule has 0 amide bonds. The highest BCUT2D eigenvalue weighted by Crippen LogP contribution is 2.15. The van der Waals surface area contributed by atoms with Gasteiger partial charge in [0, 0.05) is 10.7 Å². The topological polar surface area (TPSA) is 50.7 Å². The highest BCUT2D eigenvalue weighted by atomic mass is 35.5. The van der Waals surface area contributed by atoms with E-state index in [1.807, 2.05) is 0 Å². The Balaban J connectivity index is 2.18. The number of hydrogen-bond acceptors (Lipinski definition) is 4. The normalized spacial score (nSPS) is 10.0. The van der Waals surface area contributed by atoms with Gasteiger partial charge in [0.15, 0.2) is 0 Å². The van der Waals surface area contributed by atoms with Crippen molar-refractivity contribution in [3.05, 3.63) is 41.7 Å². The lowest BCUT2D eigenvalue weighted by Crippen LogP contribution is -2.00. The van der Waals surface area contributed by atoms with Gasteiger partial charge in [-0.2, -0.15) is 19.3 Å². The predicted octanol–water partition coefficient (Wildman–Crippen LogP) is 2.21. The maximum Gasteiger partial charge on any atom is 0.314 e. The van der Waals surface area contributed by atoms with E-state index in [1.54, 1.807) is 24.3 Å². The summed E-state index contributed by atoms with van der Waals surface area (Å²) in [7, 11) is 0. The second-order valence-electron chi connectivity index (χ2n) is 2.66. The molecule has 0 atom stereocenters. The molecule has 0 saturated carbocycles. The summed E-state index contributed by atoms with van der Waals surface area (Å²) in [5.41, 5.74) is 0.707. The summed E-state index contributed by atoms with van der Waals surface area (Å²) in [6.07, 6.45) is 1.26. The zero-order valence-corrected chi connectivity index (χ0v) is 8.16. The minimum atomic E-state index is -0.874. The molecule has 0 spiro atoms. The second kappa shape index (κ2) is 4.18. The van der Waals surface area contributed by atoms with E-state index < -0.39 is 6.08 Å². The van der Waals surface area contributed by atoms with Crippen molar-refractivity contribution >= 4 is 23.2 Å². The second-order valence-corrected chi connectivity index (χ2v) is 3.10. The van der Waals surface area contributed by atoms with Crippen LogP contribution in [0.3, 0.4) is 0 Å². The lowest BCUT2D eigenvalue weighted by Gasteiger charge is -2.02. The van der Waals surface area contributed by atoms with Crippen molar-refractivity contribution in [1.82, 2.24) is 15.0 Å². The molecular weight excluding hydrogens is 219 g/mol. The summed E-state index contributed by atoms with van der Waals surface area (Å²) < 4.78 is 12.6. The molecular formula is C9H5ClFN4. The largest absolute Gasteiger partial charge is 0.324 e. The number of hydrogen-bond donors (Lipinski definition) is 1. The van der Waals surface area contributed by atoms with Gasteiger partial charge in [0.25, 0.3) is 0 Å². The Morgan fingerprint density at radius 1 is 1.20 bits per heavy atom. The number of anilines is 2. The van der Waals surface area contributed by atoms with Gasteiger partial charge in [-0.15, -0.1) is 0 Å². The molecule has 1 radical (unpaired) electrons. The molecule has 6 heteroatoms. The van der Waals surface area contributed by atoms with E-state index in [-0.39, 0.29) is 5.95 Å². The van der Waals surface area contributed by atoms with Crippen LogP contribution in [-0.2, 0) is 0 Å². The predicted molar refractivity (Wildman–Crippen MR) is 53.4 cm³/mol.